The lowest BCUT2D eigenvalue weighted by Gasteiger charge is -2.21. The van der Waals surface area contributed by atoms with E-state index >= 15 is 0 Å². The number of carbonyl (C=O) groups excluding carboxylic acids is 1. The Morgan fingerprint density at radius 3 is 2.53 bits per heavy atom. The van der Waals surface area contributed by atoms with Crippen molar-refractivity contribution in [2.75, 3.05) is 27.3 Å². The second-order valence-corrected chi connectivity index (χ2v) is 5.97. The molecule has 1 rings (SSSR count). The minimum Gasteiger partial charge on any atom is -0.469 e. The highest BCUT2D eigenvalue weighted by Gasteiger charge is 2.46. The van der Waals surface area contributed by atoms with Crippen LogP contribution in [0.2, 0.25) is 0 Å². The SMILES string of the molecule is COC(=O)CCN(C)S(=O)(=O)NC1(CO)CC1. The summed E-state index contributed by atoms with van der Waals surface area (Å²) in [5, 5.41) is 9.04. The summed E-state index contributed by atoms with van der Waals surface area (Å²) in [6.07, 6.45) is 1.27. The number of nitrogens with zero attached hydrogens (tertiary/aromatic N) is 1. The van der Waals surface area contributed by atoms with Crippen molar-refractivity contribution in [3.05, 3.63) is 0 Å². The molecule has 2 N–H and O–H groups in total. The largest absolute Gasteiger partial charge is 0.469 e. The molecule has 0 amide bonds. The van der Waals surface area contributed by atoms with Crippen LogP contribution in [0.4, 0.5) is 0 Å². The highest BCUT2D eigenvalue weighted by molar-refractivity contribution is 7.87. The van der Waals surface area contributed by atoms with Crippen LogP contribution in [0.25, 0.3) is 0 Å². The first-order valence-electron chi connectivity index (χ1n) is 5.28. The average Bonchev–Trinajstić information content (AvgIpc) is 3.04. The summed E-state index contributed by atoms with van der Waals surface area (Å²) in [5.41, 5.74) is -0.696. The van der Waals surface area contributed by atoms with Crippen molar-refractivity contribution >= 4 is 16.2 Å². The van der Waals surface area contributed by atoms with Crippen LogP contribution in [-0.2, 0) is 19.7 Å². The average molecular weight is 266 g/mol. The molecule has 7 nitrogen and oxygen atoms in total. The summed E-state index contributed by atoms with van der Waals surface area (Å²) in [6.45, 7) is -0.166. The molecule has 1 fully saturated rings. The van der Waals surface area contributed by atoms with Gasteiger partial charge in [-0.15, -0.1) is 0 Å². The maximum Gasteiger partial charge on any atom is 0.306 e. The lowest BCUT2D eigenvalue weighted by atomic mass is 10.3. The van der Waals surface area contributed by atoms with Gasteiger partial charge >= 0.3 is 5.97 Å². The van der Waals surface area contributed by atoms with E-state index in [0.29, 0.717) is 12.8 Å². The van der Waals surface area contributed by atoms with Gasteiger partial charge < -0.3 is 9.84 Å². The van der Waals surface area contributed by atoms with Gasteiger partial charge in [-0.05, 0) is 12.8 Å². The van der Waals surface area contributed by atoms with Crippen LogP contribution in [0.5, 0.6) is 0 Å². The van der Waals surface area contributed by atoms with Crippen molar-refractivity contribution in [3.63, 3.8) is 0 Å². The molecule has 0 atom stereocenters. The lowest BCUT2D eigenvalue weighted by molar-refractivity contribution is -0.140. The van der Waals surface area contributed by atoms with Gasteiger partial charge in [0, 0.05) is 13.6 Å². The molecule has 0 heterocycles. The number of aliphatic hydroxyl groups is 1. The summed E-state index contributed by atoms with van der Waals surface area (Å²) >= 11 is 0. The zero-order valence-corrected chi connectivity index (χ0v) is 10.8. The fraction of sp³-hybridized carbons (Fsp3) is 0.889. The molecule has 0 aromatic rings. The van der Waals surface area contributed by atoms with Crippen molar-refractivity contribution in [2.45, 2.75) is 24.8 Å². The second-order valence-electron chi connectivity index (χ2n) is 4.19. The van der Waals surface area contributed by atoms with E-state index < -0.39 is 21.7 Å². The maximum absolute atomic E-state index is 11.8. The molecule has 0 radical (unpaired) electrons. The van der Waals surface area contributed by atoms with E-state index in [1.165, 1.54) is 14.2 Å². The topological polar surface area (TPSA) is 95.9 Å². The Balaban J connectivity index is 2.49. The van der Waals surface area contributed by atoms with E-state index in [9.17, 15) is 13.2 Å². The van der Waals surface area contributed by atoms with Gasteiger partial charge in [0.15, 0.2) is 0 Å². The molecule has 17 heavy (non-hydrogen) atoms. The molecule has 1 saturated carbocycles. The second kappa shape index (κ2) is 5.30. The summed E-state index contributed by atoms with van der Waals surface area (Å²) < 4.78 is 31.5. The molecule has 0 bridgehead atoms. The number of aliphatic hydroxyl groups excluding tert-OH is 1. The number of hydrogen-bond acceptors (Lipinski definition) is 5. The minimum atomic E-state index is -3.66. The van der Waals surface area contributed by atoms with Gasteiger partial charge in [-0.1, -0.05) is 0 Å². The van der Waals surface area contributed by atoms with Crippen LogP contribution in [0, 0.1) is 0 Å². The molecule has 0 aromatic carbocycles. The third-order valence-electron chi connectivity index (χ3n) is 2.77. The van der Waals surface area contributed by atoms with E-state index in [-0.39, 0.29) is 19.6 Å². The van der Waals surface area contributed by atoms with Crippen LogP contribution in [0.15, 0.2) is 0 Å². The highest BCUT2D eigenvalue weighted by atomic mass is 32.2. The van der Waals surface area contributed by atoms with E-state index in [1.54, 1.807) is 0 Å². The number of rotatable bonds is 7. The number of ether oxygens (including phenoxy) is 1. The van der Waals surface area contributed by atoms with E-state index in [2.05, 4.69) is 9.46 Å². The first-order valence-corrected chi connectivity index (χ1v) is 6.72. The maximum atomic E-state index is 11.8. The summed E-state index contributed by atoms with van der Waals surface area (Å²) in [4.78, 5) is 10.9. The Labute approximate surface area is 101 Å². The summed E-state index contributed by atoms with van der Waals surface area (Å²) in [6, 6.07) is 0. The molecule has 1 aliphatic rings. The quantitative estimate of drug-likeness (QED) is 0.567. The zero-order valence-electron chi connectivity index (χ0n) is 9.97. The first-order chi connectivity index (χ1) is 7.85. The van der Waals surface area contributed by atoms with Crippen LogP contribution in [0.3, 0.4) is 0 Å². The van der Waals surface area contributed by atoms with Crippen molar-refractivity contribution in [1.82, 2.24) is 9.03 Å². The van der Waals surface area contributed by atoms with Crippen LogP contribution >= 0.6 is 0 Å². The third kappa shape index (κ3) is 3.91. The molecule has 0 unspecified atom stereocenters. The van der Waals surface area contributed by atoms with Gasteiger partial charge in [-0.2, -0.15) is 17.4 Å². The minimum absolute atomic E-state index is 0.0000347. The van der Waals surface area contributed by atoms with Crippen LogP contribution in [-0.4, -0.2) is 56.6 Å². The molecule has 8 heteroatoms. The Morgan fingerprint density at radius 2 is 2.12 bits per heavy atom. The Kier molecular flexibility index (Phi) is 4.48. The van der Waals surface area contributed by atoms with Gasteiger partial charge in [0.1, 0.15) is 0 Å². The Bertz CT molecular complexity index is 377. The normalized spacial score (nSPS) is 18.1. The zero-order chi connectivity index (χ0) is 13.1. The smallest absolute Gasteiger partial charge is 0.306 e. The number of nitrogens with one attached hydrogen (secondary N) is 1. The predicted molar refractivity (Wildman–Crippen MR) is 60.4 cm³/mol. The highest BCUT2D eigenvalue weighted by Crippen LogP contribution is 2.35. The fourth-order valence-corrected chi connectivity index (χ4v) is 2.57. The third-order valence-corrected chi connectivity index (χ3v) is 4.46. The van der Waals surface area contributed by atoms with Gasteiger partial charge in [0.05, 0.1) is 25.7 Å². The molecule has 1 aliphatic carbocycles. The molecule has 0 aromatic heterocycles. The van der Waals surface area contributed by atoms with Crippen molar-refractivity contribution in [1.29, 1.82) is 0 Å². The molecule has 0 aliphatic heterocycles. The van der Waals surface area contributed by atoms with Crippen LogP contribution < -0.4 is 4.72 Å². The van der Waals surface area contributed by atoms with Crippen LogP contribution in [0.1, 0.15) is 19.3 Å². The summed E-state index contributed by atoms with van der Waals surface area (Å²) in [5.74, 6) is -0.463. The van der Waals surface area contributed by atoms with Crippen molar-refractivity contribution in [2.24, 2.45) is 0 Å². The predicted octanol–water partition coefficient (Wildman–Crippen LogP) is -1.16. The van der Waals surface area contributed by atoms with Gasteiger partial charge in [0.2, 0.25) is 0 Å². The van der Waals surface area contributed by atoms with Gasteiger partial charge in [-0.25, -0.2) is 0 Å². The van der Waals surface area contributed by atoms with Gasteiger partial charge in [0.25, 0.3) is 10.2 Å². The molecule has 0 spiro atoms. The van der Waals surface area contributed by atoms with E-state index in [4.69, 9.17) is 5.11 Å². The standard InChI is InChI=1S/C9H18N2O5S/c1-11(6-3-8(13)16-2)17(14,15)10-9(7-12)4-5-9/h10,12H,3-7H2,1-2H3. The van der Waals surface area contributed by atoms with E-state index in [0.717, 1.165) is 4.31 Å². The number of hydrogen-bond donors (Lipinski definition) is 2. The summed E-state index contributed by atoms with van der Waals surface area (Å²) in [7, 11) is -1.03. The van der Waals surface area contributed by atoms with Gasteiger partial charge in [-0.3, -0.25) is 4.79 Å². The Hall–Kier alpha value is -0.700. The molecule has 0 saturated heterocycles. The number of methoxy groups -OCH3 is 1. The molecule has 100 valence electrons. The lowest BCUT2D eigenvalue weighted by Crippen LogP contribution is -2.47. The molecular weight excluding hydrogens is 248 g/mol. The van der Waals surface area contributed by atoms with E-state index in [1.807, 2.05) is 0 Å². The molecular formula is C9H18N2O5S. The fourth-order valence-electron chi connectivity index (χ4n) is 1.27. The number of carbonyl (C=O) groups is 1. The van der Waals surface area contributed by atoms with Crippen molar-refractivity contribution < 1.29 is 23.1 Å². The monoisotopic (exact) mass is 266 g/mol. The van der Waals surface area contributed by atoms with Crippen molar-refractivity contribution in [3.8, 4) is 0 Å². The first kappa shape index (κ1) is 14.4. The Morgan fingerprint density at radius 1 is 1.53 bits per heavy atom. The number of esters is 1.